The minimum atomic E-state index is 0.819. The summed E-state index contributed by atoms with van der Waals surface area (Å²) in [5, 5.41) is 3.41. The van der Waals surface area contributed by atoms with Gasteiger partial charge in [-0.1, -0.05) is 38.3 Å². The van der Waals surface area contributed by atoms with Gasteiger partial charge in [0.05, 0.1) is 10.7 Å². The van der Waals surface area contributed by atoms with Crippen LogP contribution in [0.2, 0.25) is 0 Å². The molecule has 19 heavy (non-hydrogen) atoms. The SMILES string of the molecule is CCCCCCc1csc(Cc2ccc(N)cc2)n1. The van der Waals surface area contributed by atoms with E-state index in [-0.39, 0.29) is 0 Å². The standard InChI is InChI=1S/C16H22N2S/c1-2-3-4-5-6-15-12-19-16(18-15)11-13-7-9-14(17)10-8-13/h7-10,12H,2-6,11,17H2,1H3. The molecular formula is C16H22N2S. The van der Waals surface area contributed by atoms with Crippen LogP contribution in [0.4, 0.5) is 5.69 Å². The van der Waals surface area contributed by atoms with Crippen LogP contribution in [0.25, 0.3) is 0 Å². The molecule has 1 aromatic carbocycles. The highest BCUT2D eigenvalue weighted by Crippen LogP contribution is 2.17. The van der Waals surface area contributed by atoms with E-state index in [2.05, 4.69) is 24.4 Å². The van der Waals surface area contributed by atoms with E-state index in [1.165, 1.54) is 41.9 Å². The van der Waals surface area contributed by atoms with E-state index in [9.17, 15) is 0 Å². The first-order valence-electron chi connectivity index (χ1n) is 7.05. The molecule has 3 heteroatoms. The Morgan fingerprint density at radius 2 is 1.89 bits per heavy atom. The average molecular weight is 274 g/mol. The number of aromatic nitrogens is 1. The van der Waals surface area contributed by atoms with Crippen molar-refractivity contribution in [1.29, 1.82) is 0 Å². The molecule has 0 unspecified atom stereocenters. The summed E-state index contributed by atoms with van der Waals surface area (Å²) in [6, 6.07) is 8.07. The fraction of sp³-hybridized carbons (Fsp3) is 0.438. The number of anilines is 1. The van der Waals surface area contributed by atoms with Crippen molar-refractivity contribution in [2.75, 3.05) is 5.73 Å². The molecule has 0 fully saturated rings. The van der Waals surface area contributed by atoms with E-state index in [4.69, 9.17) is 10.7 Å². The number of thiazole rings is 1. The third-order valence-electron chi connectivity index (χ3n) is 3.22. The van der Waals surface area contributed by atoms with Crippen molar-refractivity contribution in [3.8, 4) is 0 Å². The van der Waals surface area contributed by atoms with Gasteiger partial charge < -0.3 is 5.73 Å². The normalized spacial score (nSPS) is 10.8. The van der Waals surface area contributed by atoms with Gasteiger partial charge in [-0.15, -0.1) is 11.3 Å². The Hall–Kier alpha value is -1.35. The van der Waals surface area contributed by atoms with Crippen molar-refractivity contribution in [3.05, 3.63) is 45.9 Å². The second-order valence-electron chi connectivity index (χ2n) is 4.96. The Morgan fingerprint density at radius 3 is 2.63 bits per heavy atom. The highest BCUT2D eigenvalue weighted by Gasteiger charge is 2.03. The molecule has 0 amide bonds. The lowest BCUT2D eigenvalue weighted by atomic mass is 10.1. The summed E-state index contributed by atoms with van der Waals surface area (Å²) < 4.78 is 0. The van der Waals surface area contributed by atoms with Gasteiger partial charge in [0, 0.05) is 17.5 Å². The van der Waals surface area contributed by atoms with Crippen LogP contribution in [-0.2, 0) is 12.8 Å². The van der Waals surface area contributed by atoms with Gasteiger partial charge in [-0.25, -0.2) is 4.98 Å². The van der Waals surface area contributed by atoms with Crippen LogP contribution in [0.3, 0.4) is 0 Å². The van der Waals surface area contributed by atoms with Crippen molar-refractivity contribution >= 4 is 17.0 Å². The highest BCUT2D eigenvalue weighted by atomic mass is 32.1. The summed E-state index contributed by atoms with van der Waals surface area (Å²) in [5.74, 6) is 0. The zero-order chi connectivity index (χ0) is 13.5. The zero-order valence-electron chi connectivity index (χ0n) is 11.6. The number of aryl methyl sites for hydroxylation is 1. The molecule has 0 bridgehead atoms. The van der Waals surface area contributed by atoms with Gasteiger partial charge in [0.25, 0.3) is 0 Å². The number of nitrogens with two attached hydrogens (primary N) is 1. The summed E-state index contributed by atoms with van der Waals surface area (Å²) in [7, 11) is 0. The van der Waals surface area contributed by atoms with Crippen LogP contribution in [0, 0.1) is 0 Å². The first-order chi connectivity index (χ1) is 9.28. The molecule has 0 aliphatic heterocycles. The van der Waals surface area contributed by atoms with Crippen molar-refractivity contribution in [2.45, 2.75) is 45.4 Å². The minimum absolute atomic E-state index is 0.819. The number of benzene rings is 1. The maximum atomic E-state index is 5.69. The number of nitrogen functional groups attached to an aromatic ring is 1. The molecule has 0 saturated carbocycles. The van der Waals surface area contributed by atoms with E-state index in [0.29, 0.717) is 0 Å². The minimum Gasteiger partial charge on any atom is -0.399 e. The van der Waals surface area contributed by atoms with Gasteiger partial charge in [0.2, 0.25) is 0 Å². The molecule has 2 aromatic rings. The number of nitrogens with zero attached hydrogens (tertiary/aromatic N) is 1. The molecule has 2 rings (SSSR count). The van der Waals surface area contributed by atoms with Crippen molar-refractivity contribution in [3.63, 3.8) is 0 Å². The van der Waals surface area contributed by atoms with E-state index in [1.807, 2.05) is 12.1 Å². The smallest absolute Gasteiger partial charge is 0.0972 e. The summed E-state index contributed by atoms with van der Waals surface area (Å²) in [6.45, 7) is 2.24. The lowest BCUT2D eigenvalue weighted by Crippen LogP contribution is -1.91. The lowest BCUT2D eigenvalue weighted by Gasteiger charge is -1.99. The van der Waals surface area contributed by atoms with Crippen LogP contribution in [-0.4, -0.2) is 4.98 Å². The molecule has 0 aliphatic carbocycles. The average Bonchev–Trinajstić information content (AvgIpc) is 2.85. The Balaban J connectivity index is 1.85. The molecule has 0 aliphatic rings. The fourth-order valence-corrected chi connectivity index (χ4v) is 2.95. The second kappa shape index (κ2) is 7.29. The lowest BCUT2D eigenvalue weighted by molar-refractivity contribution is 0.661. The van der Waals surface area contributed by atoms with Gasteiger partial charge in [-0.2, -0.15) is 0 Å². The van der Waals surface area contributed by atoms with E-state index in [1.54, 1.807) is 11.3 Å². The molecule has 2 N–H and O–H groups in total. The van der Waals surface area contributed by atoms with Gasteiger partial charge in [0.15, 0.2) is 0 Å². The third kappa shape index (κ3) is 4.67. The van der Waals surface area contributed by atoms with Crippen molar-refractivity contribution in [1.82, 2.24) is 4.98 Å². The summed E-state index contributed by atoms with van der Waals surface area (Å²) >= 11 is 1.77. The number of hydrogen-bond donors (Lipinski definition) is 1. The van der Waals surface area contributed by atoms with Gasteiger partial charge in [-0.3, -0.25) is 0 Å². The third-order valence-corrected chi connectivity index (χ3v) is 4.12. The predicted molar refractivity (Wildman–Crippen MR) is 83.6 cm³/mol. The quantitative estimate of drug-likeness (QED) is 0.599. The van der Waals surface area contributed by atoms with Gasteiger partial charge in [-0.05, 0) is 30.5 Å². The van der Waals surface area contributed by atoms with Crippen LogP contribution in [0.1, 0.15) is 48.9 Å². The summed E-state index contributed by atoms with van der Waals surface area (Å²) in [5.41, 5.74) is 9.04. The molecule has 0 radical (unpaired) electrons. The van der Waals surface area contributed by atoms with Crippen LogP contribution >= 0.6 is 11.3 Å². The molecular weight excluding hydrogens is 252 g/mol. The first kappa shape index (κ1) is 14.1. The first-order valence-corrected chi connectivity index (χ1v) is 7.93. The zero-order valence-corrected chi connectivity index (χ0v) is 12.4. The molecule has 0 saturated heterocycles. The maximum Gasteiger partial charge on any atom is 0.0972 e. The molecule has 1 heterocycles. The maximum absolute atomic E-state index is 5.69. The Kier molecular flexibility index (Phi) is 5.40. The van der Waals surface area contributed by atoms with Crippen LogP contribution in [0.5, 0.6) is 0 Å². The van der Waals surface area contributed by atoms with Crippen LogP contribution < -0.4 is 5.73 Å². The van der Waals surface area contributed by atoms with Crippen molar-refractivity contribution in [2.24, 2.45) is 0 Å². The number of hydrogen-bond acceptors (Lipinski definition) is 3. The van der Waals surface area contributed by atoms with Gasteiger partial charge >= 0.3 is 0 Å². The predicted octanol–water partition coefficient (Wildman–Crippen LogP) is 4.44. The molecule has 0 spiro atoms. The van der Waals surface area contributed by atoms with E-state index in [0.717, 1.165) is 18.5 Å². The van der Waals surface area contributed by atoms with E-state index < -0.39 is 0 Å². The number of rotatable bonds is 7. The molecule has 1 aromatic heterocycles. The summed E-state index contributed by atoms with van der Waals surface area (Å²) in [6.07, 6.45) is 7.25. The second-order valence-corrected chi connectivity index (χ2v) is 5.90. The molecule has 2 nitrogen and oxygen atoms in total. The largest absolute Gasteiger partial charge is 0.399 e. The van der Waals surface area contributed by atoms with Gasteiger partial charge in [0.1, 0.15) is 0 Å². The van der Waals surface area contributed by atoms with E-state index >= 15 is 0 Å². The Labute approximate surface area is 119 Å². The Morgan fingerprint density at radius 1 is 1.11 bits per heavy atom. The fourth-order valence-electron chi connectivity index (χ4n) is 2.09. The molecule has 0 atom stereocenters. The summed E-state index contributed by atoms with van der Waals surface area (Å²) in [4.78, 5) is 4.71. The highest BCUT2D eigenvalue weighted by molar-refractivity contribution is 7.09. The monoisotopic (exact) mass is 274 g/mol. The van der Waals surface area contributed by atoms with Crippen molar-refractivity contribution < 1.29 is 0 Å². The van der Waals surface area contributed by atoms with Crippen LogP contribution in [0.15, 0.2) is 29.6 Å². The molecule has 102 valence electrons. The number of unbranched alkanes of at least 4 members (excludes halogenated alkanes) is 3. The topological polar surface area (TPSA) is 38.9 Å². The Bertz CT molecular complexity index is 488.